The third kappa shape index (κ3) is 4.21. The van der Waals surface area contributed by atoms with E-state index in [0.717, 1.165) is 0 Å². The van der Waals surface area contributed by atoms with Gasteiger partial charge in [0, 0.05) is 11.6 Å². The Morgan fingerprint density at radius 2 is 1.48 bits per heavy atom. The second-order valence-electron chi connectivity index (χ2n) is 6.59. The zero-order chi connectivity index (χ0) is 22.0. The molecule has 0 amide bonds. The lowest BCUT2D eigenvalue weighted by atomic mass is 10.1. The van der Waals surface area contributed by atoms with Crippen LogP contribution in [0.2, 0.25) is 10.0 Å². The maximum Gasteiger partial charge on any atom is 0.338 e. The van der Waals surface area contributed by atoms with Crippen molar-refractivity contribution in [2.45, 2.75) is 6.61 Å². The van der Waals surface area contributed by atoms with Crippen LogP contribution < -0.4 is 4.73 Å². The number of hydrogen-bond donors (Lipinski definition) is 0. The number of carbonyl (C=O) groups is 2. The summed E-state index contributed by atoms with van der Waals surface area (Å²) in [4.78, 5) is 29.9. The first-order valence-electron chi connectivity index (χ1n) is 9.19. The maximum absolute atomic E-state index is 13.2. The molecule has 1 aromatic heterocycles. The second-order valence-corrected chi connectivity index (χ2v) is 7.41. The second kappa shape index (κ2) is 8.71. The van der Waals surface area contributed by atoms with Crippen LogP contribution in [0, 0.1) is 5.21 Å². The molecule has 0 radical (unpaired) electrons. The third-order valence-corrected chi connectivity index (χ3v) is 5.29. The molecule has 4 rings (SSSR count). The Morgan fingerprint density at radius 1 is 0.903 bits per heavy atom. The maximum atomic E-state index is 13.2. The third-order valence-electron chi connectivity index (χ3n) is 4.57. The van der Waals surface area contributed by atoms with Crippen LogP contribution >= 0.6 is 23.2 Å². The number of ether oxygens (including phenoxy) is 1. The minimum atomic E-state index is -0.604. The summed E-state index contributed by atoms with van der Waals surface area (Å²) in [6.07, 6.45) is 0. The molecule has 0 atom stereocenters. The summed E-state index contributed by atoms with van der Waals surface area (Å²) in [7, 11) is 0. The van der Waals surface area contributed by atoms with E-state index in [4.69, 9.17) is 27.9 Å². The van der Waals surface area contributed by atoms with E-state index in [1.165, 1.54) is 12.1 Å². The quantitative estimate of drug-likeness (QED) is 0.188. The fraction of sp³-hybridized carbons (Fsp3) is 0.0435. The van der Waals surface area contributed by atoms with E-state index in [1.54, 1.807) is 60.7 Å². The average Bonchev–Trinajstić information content (AvgIpc) is 2.79. The minimum absolute atomic E-state index is 0.0130. The number of halogens is 2. The highest BCUT2D eigenvalue weighted by Gasteiger charge is 2.28. The van der Waals surface area contributed by atoms with Crippen molar-refractivity contribution in [2.24, 2.45) is 0 Å². The number of carbonyl (C=O) groups excluding carboxylic acids is 2. The molecule has 31 heavy (non-hydrogen) atoms. The van der Waals surface area contributed by atoms with Crippen molar-refractivity contribution < 1.29 is 19.1 Å². The molecule has 0 spiro atoms. The van der Waals surface area contributed by atoms with Crippen molar-refractivity contribution in [1.29, 1.82) is 0 Å². The highest BCUT2D eigenvalue weighted by atomic mass is 35.5. The summed E-state index contributed by atoms with van der Waals surface area (Å²) < 4.78 is 5.78. The first kappa shape index (κ1) is 20.8. The van der Waals surface area contributed by atoms with Gasteiger partial charge in [-0.25, -0.2) is 9.78 Å². The van der Waals surface area contributed by atoms with Crippen molar-refractivity contribution in [3.63, 3.8) is 0 Å². The number of benzene rings is 3. The lowest BCUT2D eigenvalue weighted by Gasteiger charge is -2.12. The van der Waals surface area contributed by atoms with Gasteiger partial charge in [0.2, 0.25) is 5.52 Å². The smallest absolute Gasteiger partial charge is 0.338 e. The Labute approximate surface area is 187 Å². The Kier molecular flexibility index (Phi) is 5.84. The molecule has 0 aliphatic carbocycles. The topological polar surface area (TPSA) is 83.2 Å². The Morgan fingerprint density at radius 3 is 2.13 bits per heavy atom. The molecule has 3 aromatic carbocycles. The van der Waals surface area contributed by atoms with Crippen LogP contribution in [0.25, 0.3) is 11.0 Å². The van der Waals surface area contributed by atoms with E-state index in [-0.39, 0.29) is 39.1 Å². The van der Waals surface area contributed by atoms with E-state index >= 15 is 0 Å². The highest BCUT2D eigenvalue weighted by molar-refractivity contribution is 6.42. The van der Waals surface area contributed by atoms with Gasteiger partial charge in [-0.15, -0.1) is 0 Å². The van der Waals surface area contributed by atoms with Crippen LogP contribution in [-0.2, 0) is 11.3 Å². The van der Waals surface area contributed by atoms with Gasteiger partial charge in [-0.3, -0.25) is 4.79 Å². The fourth-order valence-electron chi connectivity index (χ4n) is 3.06. The van der Waals surface area contributed by atoms with Crippen LogP contribution in [0.3, 0.4) is 0 Å². The standard InChI is InChI=1S/C23H14Cl2N2O4/c24-16-11-18-20(12-17(16)25)27(30)21(22(28)14-7-3-1-4-8-14)19(26-18)13-31-23(29)15-9-5-2-6-10-15/h1-12H,13H2. The monoisotopic (exact) mass is 452 g/mol. The zero-order valence-corrected chi connectivity index (χ0v) is 17.4. The fourth-order valence-corrected chi connectivity index (χ4v) is 3.37. The molecular weight excluding hydrogens is 439 g/mol. The lowest BCUT2D eigenvalue weighted by molar-refractivity contribution is -0.580. The molecule has 4 aromatic rings. The lowest BCUT2D eigenvalue weighted by Crippen LogP contribution is -2.38. The summed E-state index contributed by atoms with van der Waals surface area (Å²) in [5, 5.41) is 13.5. The Balaban J connectivity index is 1.80. The van der Waals surface area contributed by atoms with Crippen molar-refractivity contribution in [3.8, 4) is 0 Å². The van der Waals surface area contributed by atoms with Crippen molar-refractivity contribution in [1.82, 2.24) is 4.98 Å². The number of hydrogen-bond acceptors (Lipinski definition) is 5. The van der Waals surface area contributed by atoms with Gasteiger partial charge in [-0.2, -0.15) is 4.73 Å². The first-order chi connectivity index (χ1) is 15.0. The Hall–Kier alpha value is -3.48. The van der Waals surface area contributed by atoms with Crippen LogP contribution in [0.5, 0.6) is 0 Å². The predicted octanol–water partition coefficient (Wildman–Crippen LogP) is 4.76. The van der Waals surface area contributed by atoms with Crippen molar-refractivity contribution >= 4 is 46.0 Å². The van der Waals surface area contributed by atoms with Gasteiger partial charge in [-0.05, 0) is 18.2 Å². The minimum Gasteiger partial charge on any atom is -0.618 e. The SMILES string of the molecule is O=C(OCc1nc2cc(Cl)c(Cl)cc2[n+]([O-])c1C(=O)c1ccccc1)c1ccccc1. The summed E-state index contributed by atoms with van der Waals surface area (Å²) in [6, 6.07) is 19.4. The van der Waals surface area contributed by atoms with Crippen molar-refractivity contribution in [3.05, 3.63) is 111 Å². The average molecular weight is 453 g/mol. The van der Waals surface area contributed by atoms with Gasteiger partial charge < -0.3 is 9.94 Å². The Bertz CT molecular complexity index is 1300. The zero-order valence-electron chi connectivity index (χ0n) is 15.9. The summed E-state index contributed by atoms with van der Waals surface area (Å²) in [6.45, 7) is -0.375. The van der Waals surface area contributed by atoms with E-state index in [2.05, 4.69) is 4.98 Å². The number of aromatic nitrogens is 2. The van der Waals surface area contributed by atoms with Crippen LogP contribution in [0.4, 0.5) is 0 Å². The van der Waals surface area contributed by atoms with Gasteiger partial charge in [-0.1, -0.05) is 71.7 Å². The number of ketones is 1. The number of esters is 1. The molecule has 1 heterocycles. The van der Waals surface area contributed by atoms with Gasteiger partial charge in [0.25, 0.3) is 11.5 Å². The van der Waals surface area contributed by atoms with Gasteiger partial charge >= 0.3 is 5.97 Å². The molecule has 0 unspecified atom stereocenters. The molecular formula is C23H14Cl2N2O4. The van der Waals surface area contributed by atoms with Gasteiger partial charge in [0.1, 0.15) is 12.1 Å². The molecule has 0 aliphatic heterocycles. The number of nitrogens with zero attached hydrogens (tertiary/aromatic N) is 2. The highest BCUT2D eigenvalue weighted by Crippen LogP contribution is 2.26. The van der Waals surface area contributed by atoms with E-state index in [0.29, 0.717) is 15.9 Å². The number of rotatable bonds is 5. The molecule has 0 saturated heterocycles. The molecule has 0 bridgehead atoms. The molecule has 0 N–H and O–H groups in total. The molecule has 8 heteroatoms. The molecule has 0 saturated carbocycles. The van der Waals surface area contributed by atoms with E-state index < -0.39 is 11.8 Å². The van der Waals surface area contributed by atoms with Crippen LogP contribution in [0.15, 0.2) is 72.8 Å². The van der Waals surface area contributed by atoms with Gasteiger partial charge in [0.15, 0.2) is 5.69 Å². The number of fused-ring (bicyclic) bond motifs is 1. The predicted molar refractivity (Wildman–Crippen MR) is 116 cm³/mol. The van der Waals surface area contributed by atoms with Crippen LogP contribution in [0.1, 0.15) is 32.1 Å². The van der Waals surface area contributed by atoms with Gasteiger partial charge in [0.05, 0.1) is 15.6 Å². The molecule has 154 valence electrons. The molecule has 6 nitrogen and oxygen atoms in total. The van der Waals surface area contributed by atoms with Crippen LogP contribution in [-0.4, -0.2) is 16.7 Å². The summed E-state index contributed by atoms with van der Waals surface area (Å²) in [5.74, 6) is -1.16. The molecule has 0 aliphatic rings. The normalized spacial score (nSPS) is 10.8. The van der Waals surface area contributed by atoms with E-state index in [9.17, 15) is 14.8 Å². The summed E-state index contributed by atoms with van der Waals surface area (Å²) in [5.41, 5.74) is 0.691. The van der Waals surface area contributed by atoms with Crippen molar-refractivity contribution in [2.75, 3.05) is 0 Å². The summed E-state index contributed by atoms with van der Waals surface area (Å²) >= 11 is 12.1. The van der Waals surface area contributed by atoms with E-state index in [1.807, 2.05) is 0 Å². The first-order valence-corrected chi connectivity index (χ1v) is 9.94. The molecule has 0 fully saturated rings. The largest absolute Gasteiger partial charge is 0.618 e.